The maximum atomic E-state index is 13.9. The van der Waals surface area contributed by atoms with Crippen molar-refractivity contribution in [3.05, 3.63) is 72.2 Å². The molecule has 4 aromatic rings. The molecule has 1 spiro atoms. The number of nitrogens with one attached hydrogen (secondary N) is 3. The van der Waals surface area contributed by atoms with Gasteiger partial charge in [-0.1, -0.05) is 32.0 Å². The molecule has 1 saturated carbocycles. The molecule has 1 aliphatic carbocycles. The number of carbonyl (C=O) groups is 4. The van der Waals surface area contributed by atoms with E-state index in [4.69, 9.17) is 9.47 Å². The van der Waals surface area contributed by atoms with Gasteiger partial charge in [0.05, 0.1) is 25.3 Å². The van der Waals surface area contributed by atoms with E-state index in [1.54, 1.807) is 27.9 Å². The number of amides is 4. The van der Waals surface area contributed by atoms with Crippen molar-refractivity contribution in [1.29, 1.82) is 0 Å². The van der Waals surface area contributed by atoms with Gasteiger partial charge in [-0.2, -0.15) is 5.10 Å². The fourth-order valence-corrected chi connectivity index (χ4v) is 6.15. The first-order valence-corrected chi connectivity index (χ1v) is 16.4. The molecular formula is C36H41N7O6. The minimum Gasteiger partial charge on any atom is -0.493 e. The molecule has 0 radical (unpaired) electrons. The second-order valence-electron chi connectivity index (χ2n) is 13.0. The molecule has 0 unspecified atom stereocenters. The van der Waals surface area contributed by atoms with Crippen LogP contribution in [0.25, 0.3) is 22.0 Å². The predicted octanol–water partition coefficient (Wildman–Crippen LogP) is 3.07. The van der Waals surface area contributed by atoms with Crippen LogP contribution in [0.3, 0.4) is 0 Å². The summed E-state index contributed by atoms with van der Waals surface area (Å²) in [5.41, 5.74) is 1.84. The third-order valence-electron chi connectivity index (χ3n) is 8.88. The van der Waals surface area contributed by atoms with Gasteiger partial charge >= 0.3 is 0 Å². The normalized spacial score (nSPS) is 17.9. The lowest BCUT2D eigenvalue weighted by molar-refractivity contribution is -0.133. The van der Waals surface area contributed by atoms with Crippen molar-refractivity contribution in [2.24, 2.45) is 5.92 Å². The fraction of sp³-hybridized carbons (Fsp3) is 0.389. The summed E-state index contributed by atoms with van der Waals surface area (Å²) in [4.78, 5) is 60.4. The molecule has 6 rings (SSSR count). The minimum absolute atomic E-state index is 0.0159. The van der Waals surface area contributed by atoms with E-state index in [1.165, 1.54) is 20.4 Å². The number of pyridine rings is 1. The third-order valence-corrected chi connectivity index (χ3v) is 8.88. The van der Waals surface area contributed by atoms with E-state index < -0.39 is 23.4 Å². The monoisotopic (exact) mass is 667 g/mol. The lowest BCUT2D eigenvalue weighted by Gasteiger charge is -2.26. The van der Waals surface area contributed by atoms with Crippen molar-refractivity contribution in [2.45, 2.75) is 57.8 Å². The van der Waals surface area contributed by atoms with Gasteiger partial charge in [-0.15, -0.1) is 0 Å². The zero-order valence-electron chi connectivity index (χ0n) is 28.1. The number of methoxy groups -OCH3 is 2. The van der Waals surface area contributed by atoms with Crippen LogP contribution in [0.4, 0.5) is 0 Å². The van der Waals surface area contributed by atoms with Gasteiger partial charge in [-0.3, -0.25) is 28.8 Å². The van der Waals surface area contributed by atoms with Crippen LogP contribution in [-0.4, -0.2) is 82.2 Å². The summed E-state index contributed by atoms with van der Waals surface area (Å²) < 4.78 is 13.1. The first kappa shape index (κ1) is 33.4. The van der Waals surface area contributed by atoms with Crippen LogP contribution in [0, 0.1) is 5.92 Å². The molecule has 3 heterocycles. The molecule has 4 bridgehead atoms. The van der Waals surface area contributed by atoms with Crippen molar-refractivity contribution < 1.29 is 28.7 Å². The smallest absolute Gasteiger partial charge is 0.253 e. The average Bonchev–Trinajstić information content (AvgIpc) is 3.76. The van der Waals surface area contributed by atoms with Crippen molar-refractivity contribution in [3.8, 4) is 22.6 Å². The zero-order chi connectivity index (χ0) is 34.7. The molecule has 13 nitrogen and oxygen atoms in total. The highest BCUT2D eigenvalue weighted by Crippen LogP contribution is 2.40. The summed E-state index contributed by atoms with van der Waals surface area (Å²) in [6.07, 6.45) is 6.18. The van der Waals surface area contributed by atoms with E-state index >= 15 is 0 Å². The predicted molar refractivity (Wildman–Crippen MR) is 182 cm³/mol. The number of aromatic nitrogens is 3. The number of hydrogen-bond donors (Lipinski definition) is 3. The van der Waals surface area contributed by atoms with Gasteiger partial charge in [0.25, 0.3) is 5.91 Å². The zero-order valence-corrected chi connectivity index (χ0v) is 28.1. The van der Waals surface area contributed by atoms with E-state index in [9.17, 15) is 19.2 Å². The molecule has 4 amide bonds. The van der Waals surface area contributed by atoms with E-state index in [1.807, 2.05) is 50.4 Å². The van der Waals surface area contributed by atoms with Crippen LogP contribution in [0.2, 0.25) is 0 Å². The van der Waals surface area contributed by atoms with Gasteiger partial charge in [-0.25, -0.2) is 0 Å². The summed E-state index contributed by atoms with van der Waals surface area (Å²) >= 11 is 0. The fourth-order valence-electron chi connectivity index (χ4n) is 6.15. The highest BCUT2D eigenvalue weighted by Gasteiger charge is 2.52. The van der Waals surface area contributed by atoms with Gasteiger partial charge in [-0.05, 0) is 55.0 Å². The molecule has 1 fully saturated rings. The maximum absolute atomic E-state index is 13.9. The number of rotatable bonds is 6. The summed E-state index contributed by atoms with van der Waals surface area (Å²) in [6, 6.07) is 12.2. The maximum Gasteiger partial charge on any atom is 0.253 e. The molecule has 0 saturated heterocycles. The molecular weight excluding hydrogens is 626 g/mol. The number of nitrogens with zero attached hydrogens (tertiary/aromatic N) is 4. The SMILES string of the molecule is COc1cc2cc(c1OC)-c1cncc(c1)C(=O)NC1(CC1)C(=O)N[C@H](CC(C)C)C(=O)NCCN(C(=O)Cn1cc3ccccc3n1)C2. The van der Waals surface area contributed by atoms with Crippen molar-refractivity contribution >= 4 is 34.5 Å². The Balaban J connectivity index is 1.39. The highest BCUT2D eigenvalue weighted by atomic mass is 16.5. The molecule has 3 N–H and O–H groups in total. The molecule has 256 valence electrons. The Morgan fingerprint density at radius 3 is 2.53 bits per heavy atom. The van der Waals surface area contributed by atoms with E-state index in [0.29, 0.717) is 41.9 Å². The number of ether oxygens (including phenoxy) is 2. The number of carbonyl (C=O) groups excluding carboxylic acids is 4. The largest absolute Gasteiger partial charge is 0.493 e. The Labute approximate surface area is 284 Å². The summed E-state index contributed by atoms with van der Waals surface area (Å²) in [6.45, 7) is 4.42. The molecule has 2 aromatic carbocycles. The number of hydrogen-bond acceptors (Lipinski definition) is 8. The first-order valence-electron chi connectivity index (χ1n) is 16.4. The van der Waals surface area contributed by atoms with Gasteiger partial charge in [0, 0.05) is 54.7 Å². The van der Waals surface area contributed by atoms with Crippen LogP contribution >= 0.6 is 0 Å². The first-order chi connectivity index (χ1) is 23.6. The second-order valence-corrected chi connectivity index (χ2v) is 13.0. The Morgan fingerprint density at radius 2 is 1.82 bits per heavy atom. The highest BCUT2D eigenvalue weighted by molar-refractivity contribution is 6.02. The summed E-state index contributed by atoms with van der Waals surface area (Å²) in [5, 5.41) is 14.2. The third kappa shape index (κ3) is 7.35. The second kappa shape index (κ2) is 14.0. The Hall–Kier alpha value is -5.46. The topological polar surface area (TPSA) is 157 Å². The van der Waals surface area contributed by atoms with E-state index in [0.717, 1.165) is 16.5 Å². The van der Waals surface area contributed by atoms with Crippen molar-refractivity contribution in [3.63, 3.8) is 0 Å². The molecule has 2 aliphatic rings. The minimum atomic E-state index is -1.12. The average molecular weight is 668 g/mol. The molecule has 49 heavy (non-hydrogen) atoms. The van der Waals surface area contributed by atoms with Crippen LogP contribution in [0.15, 0.2) is 61.1 Å². The Morgan fingerprint density at radius 1 is 1.04 bits per heavy atom. The van der Waals surface area contributed by atoms with E-state index in [-0.39, 0.29) is 49.5 Å². The Kier molecular flexibility index (Phi) is 9.52. The number of benzene rings is 2. The van der Waals surface area contributed by atoms with Crippen molar-refractivity contribution in [2.75, 3.05) is 27.3 Å². The Bertz CT molecular complexity index is 1870. The van der Waals surface area contributed by atoms with E-state index in [2.05, 4.69) is 26.0 Å². The quantitative estimate of drug-likeness (QED) is 0.283. The summed E-state index contributed by atoms with van der Waals surface area (Å²) in [7, 11) is 3.05. The van der Waals surface area contributed by atoms with Crippen LogP contribution in [0.1, 0.15) is 49.0 Å². The molecule has 2 aromatic heterocycles. The standard InChI is InChI=1S/C36H41N7O6/c1-22(2)13-29-34(46)38-11-12-42(31(44)21-43-20-24-7-5-6-8-28(24)41-43)19-23-14-27(32(49-4)30(15-23)48-3)25-16-26(18-37-17-25)33(45)40-36(9-10-36)35(47)39-29/h5-8,14-18,20,22,29H,9-13,19,21H2,1-4H3,(H,38,46)(H,39,47)(H,40,45)/t29-/m1/s1. The molecule has 1 atom stereocenters. The summed E-state index contributed by atoms with van der Waals surface area (Å²) in [5.74, 6) is -0.468. The molecule has 1 aliphatic heterocycles. The van der Waals surface area contributed by atoms with Crippen molar-refractivity contribution in [1.82, 2.24) is 35.6 Å². The molecule has 13 heteroatoms. The van der Waals surface area contributed by atoms with Gasteiger partial charge < -0.3 is 30.3 Å². The van der Waals surface area contributed by atoms with Crippen LogP contribution in [0.5, 0.6) is 11.5 Å². The van der Waals surface area contributed by atoms with Crippen LogP contribution < -0.4 is 25.4 Å². The van der Waals surface area contributed by atoms with Gasteiger partial charge in [0.1, 0.15) is 18.1 Å². The number of fused-ring (bicyclic) bond motifs is 6. The van der Waals surface area contributed by atoms with Gasteiger partial charge in [0.15, 0.2) is 11.5 Å². The lowest BCUT2D eigenvalue weighted by Crippen LogP contribution is -2.56. The lowest BCUT2D eigenvalue weighted by atomic mass is 10.00. The van der Waals surface area contributed by atoms with Gasteiger partial charge in [0.2, 0.25) is 17.7 Å². The van der Waals surface area contributed by atoms with Crippen LogP contribution in [-0.2, 0) is 27.5 Å².